The largest absolute Gasteiger partial charge is 0.478 e. The summed E-state index contributed by atoms with van der Waals surface area (Å²) < 4.78 is 6.40. The van der Waals surface area contributed by atoms with E-state index in [0.717, 1.165) is 5.56 Å². The Labute approximate surface area is 195 Å². The van der Waals surface area contributed by atoms with Crippen LogP contribution < -0.4 is 0 Å². The van der Waals surface area contributed by atoms with Gasteiger partial charge in [0.1, 0.15) is 0 Å². The average molecular weight is 468 g/mol. The molecule has 0 bridgehead atoms. The predicted molar refractivity (Wildman–Crippen MR) is 121 cm³/mol. The Morgan fingerprint density at radius 1 is 1.15 bits per heavy atom. The second-order valence-electron chi connectivity index (χ2n) is 7.66. The van der Waals surface area contributed by atoms with Crippen LogP contribution in [0.2, 0.25) is 5.02 Å². The molecule has 0 spiro atoms. The third-order valence-corrected chi connectivity index (χ3v) is 6.08. The van der Waals surface area contributed by atoms with Gasteiger partial charge in [0.2, 0.25) is 0 Å². The van der Waals surface area contributed by atoms with Crippen LogP contribution in [0.5, 0.6) is 0 Å². The molecule has 1 aromatic heterocycles. The number of nitrogens with zero attached hydrogens (tertiary/aromatic N) is 3. The van der Waals surface area contributed by atoms with E-state index in [1.807, 2.05) is 24.3 Å². The zero-order valence-corrected chi connectivity index (χ0v) is 18.9. The highest BCUT2D eigenvalue weighted by Crippen LogP contribution is 2.28. The second-order valence-corrected chi connectivity index (χ2v) is 8.04. The van der Waals surface area contributed by atoms with Crippen molar-refractivity contribution in [3.05, 3.63) is 81.1 Å². The Hall–Kier alpha value is -3.65. The number of hydrogen-bond acceptors (Lipinski definition) is 5. The summed E-state index contributed by atoms with van der Waals surface area (Å²) in [6.07, 6.45) is 0.704. The maximum atomic E-state index is 13.6. The molecule has 1 amide bonds. The molecule has 2 heterocycles. The van der Waals surface area contributed by atoms with Gasteiger partial charge in [0, 0.05) is 13.1 Å². The summed E-state index contributed by atoms with van der Waals surface area (Å²) in [5, 5.41) is 13.9. The fourth-order valence-electron chi connectivity index (χ4n) is 3.91. The minimum atomic E-state index is -1.15. The highest BCUT2D eigenvalue weighted by atomic mass is 35.5. The fraction of sp³-hybridized carbons (Fsp3) is 0.250. The monoisotopic (exact) mass is 467 g/mol. The molecule has 1 aliphatic rings. The van der Waals surface area contributed by atoms with E-state index in [2.05, 4.69) is 5.10 Å². The van der Waals surface area contributed by atoms with Crippen LogP contribution in [-0.2, 0) is 17.7 Å². The van der Waals surface area contributed by atoms with E-state index in [9.17, 15) is 19.5 Å². The number of carboxylic acids is 1. The van der Waals surface area contributed by atoms with Crippen molar-refractivity contribution >= 4 is 29.4 Å². The lowest BCUT2D eigenvalue weighted by molar-refractivity contribution is 0.0518. The van der Waals surface area contributed by atoms with Crippen molar-refractivity contribution in [3.63, 3.8) is 0 Å². The van der Waals surface area contributed by atoms with Crippen molar-refractivity contribution in [1.29, 1.82) is 0 Å². The number of rotatable bonds is 5. The molecule has 0 atom stereocenters. The molecule has 0 unspecified atom stereocenters. The number of amides is 1. The van der Waals surface area contributed by atoms with Gasteiger partial charge in [0.05, 0.1) is 34.1 Å². The number of carboxylic acid groups (broad SMARTS) is 1. The smallest absolute Gasteiger partial charge is 0.360 e. The minimum absolute atomic E-state index is 0.0268. The minimum Gasteiger partial charge on any atom is -0.478 e. The number of hydrogen-bond donors (Lipinski definition) is 1. The number of aromatic carboxylic acids is 1. The van der Waals surface area contributed by atoms with Crippen molar-refractivity contribution in [1.82, 2.24) is 14.7 Å². The number of aromatic nitrogens is 2. The molecule has 33 heavy (non-hydrogen) atoms. The molecular formula is C24H22ClN3O5. The van der Waals surface area contributed by atoms with Crippen LogP contribution in [0.1, 0.15) is 54.9 Å². The summed E-state index contributed by atoms with van der Waals surface area (Å²) in [5.74, 6) is -2.15. The molecule has 4 rings (SSSR count). The van der Waals surface area contributed by atoms with Crippen LogP contribution in [0, 0.1) is 6.92 Å². The topological polar surface area (TPSA) is 102 Å². The molecule has 1 aliphatic heterocycles. The molecule has 2 aromatic carbocycles. The van der Waals surface area contributed by atoms with Crippen LogP contribution in [-0.4, -0.2) is 50.8 Å². The molecule has 9 heteroatoms. The van der Waals surface area contributed by atoms with Gasteiger partial charge in [-0.1, -0.05) is 35.9 Å². The highest BCUT2D eigenvalue weighted by molar-refractivity contribution is 6.34. The fourth-order valence-corrected chi connectivity index (χ4v) is 4.11. The van der Waals surface area contributed by atoms with E-state index in [-0.39, 0.29) is 34.4 Å². The summed E-state index contributed by atoms with van der Waals surface area (Å²) in [6, 6.07) is 12.1. The first-order valence-electron chi connectivity index (χ1n) is 10.5. The number of carbonyl (C=O) groups excluding carboxylic acids is 2. The third kappa shape index (κ3) is 4.21. The van der Waals surface area contributed by atoms with Gasteiger partial charge in [-0.3, -0.25) is 4.79 Å². The summed E-state index contributed by atoms with van der Waals surface area (Å²) >= 11 is 6.34. The number of carbonyl (C=O) groups is 3. The van der Waals surface area contributed by atoms with Crippen LogP contribution in [0.25, 0.3) is 5.69 Å². The Morgan fingerprint density at radius 3 is 2.58 bits per heavy atom. The molecule has 0 saturated carbocycles. The van der Waals surface area contributed by atoms with Gasteiger partial charge >= 0.3 is 11.9 Å². The number of halogens is 1. The standard InChI is InChI=1S/C24H22ClN3O5/c1-3-33-24(32)21-20(25)14(2)28(26-21)19-9-8-16(23(30)31)12-18(19)22(29)27-11-10-15-6-4-5-7-17(15)13-27/h4-9,12H,3,10-11,13H2,1-2H3,(H,30,31). The number of esters is 1. The van der Waals surface area contributed by atoms with Gasteiger partial charge in [-0.2, -0.15) is 5.10 Å². The maximum Gasteiger partial charge on any atom is 0.360 e. The van der Waals surface area contributed by atoms with Crippen LogP contribution in [0.3, 0.4) is 0 Å². The van der Waals surface area contributed by atoms with Gasteiger partial charge < -0.3 is 14.7 Å². The first-order chi connectivity index (χ1) is 15.8. The normalized spacial score (nSPS) is 12.9. The SMILES string of the molecule is CCOC(=O)c1nn(-c2ccc(C(=O)O)cc2C(=O)N2CCc3ccccc3C2)c(C)c1Cl. The zero-order chi connectivity index (χ0) is 23.7. The predicted octanol–water partition coefficient (Wildman–Crippen LogP) is 3.91. The summed E-state index contributed by atoms with van der Waals surface area (Å²) in [4.78, 5) is 39.1. The molecule has 0 aliphatic carbocycles. The Morgan fingerprint density at radius 2 is 1.88 bits per heavy atom. The van der Waals surface area contributed by atoms with Gasteiger partial charge in [-0.25, -0.2) is 14.3 Å². The van der Waals surface area contributed by atoms with E-state index in [0.29, 0.717) is 30.9 Å². The van der Waals surface area contributed by atoms with Crippen LogP contribution >= 0.6 is 11.6 Å². The number of ether oxygens (including phenoxy) is 1. The van der Waals surface area contributed by atoms with Crippen molar-refractivity contribution in [3.8, 4) is 5.69 Å². The molecule has 8 nitrogen and oxygen atoms in total. The van der Waals surface area contributed by atoms with E-state index < -0.39 is 11.9 Å². The van der Waals surface area contributed by atoms with Gasteiger partial charge in [0.15, 0.2) is 5.69 Å². The molecule has 0 saturated heterocycles. The molecule has 0 fully saturated rings. The quantitative estimate of drug-likeness (QED) is 0.571. The highest BCUT2D eigenvalue weighted by Gasteiger charge is 2.28. The van der Waals surface area contributed by atoms with Crippen LogP contribution in [0.4, 0.5) is 0 Å². The van der Waals surface area contributed by atoms with E-state index in [1.165, 1.54) is 28.4 Å². The first kappa shape index (κ1) is 22.5. The van der Waals surface area contributed by atoms with Gasteiger partial charge in [0.25, 0.3) is 5.91 Å². The number of fused-ring (bicyclic) bond motifs is 1. The average Bonchev–Trinajstić information content (AvgIpc) is 3.12. The van der Waals surface area contributed by atoms with Gasteiger partial charge in [-0.15, -0.1) is 0 Å². The van der Waals surface area contributed by atoms with Crippen molar-refractivity contribution in [2.75, 3.05) is 13.2 Å². The first-order valence-corrected chi connectivity index (χ1v) is 10.9. The maximum absolute atomic E-state index is 13.6. The van der Waals surface area contributed by atoms with Gasteiger partial charge in [-0.05, 0) is 49.6 Å². The Balaban J connectivity index is 1.79. The summed E-state index contributed by atoms with van der Waals surface area (Å²) in [6.45, 7) is 4.41. The molecular weight excluding hydrogens is 446 g/mol. The lowest BCUT2D eigenvalue weighted by Crippen LogP contribution is -2.36. The number of benzene rings is 2. The summed E-state index contributed by atoms with van der Waals surface area (Å²) in [7, 11) is 0. The van der Waals surface area contributed by atoms with Crippen molar-refractivity contribution in [2.45, 2.75) is 26.8 Å². The van der Waals surface area contributed by atoms with E-state index >= 15 is 0 Å². The lowest BCUT2D eigenvalue weighted by Gasteiger charge is -2.29. The molecule has 170 valence electrons. The molecule has 3 aromatic rings. The zero-order valence-electron chi connectivity index (χ0n) is 18.2. The Bertz CT molecular complexity index is 1270. The van der Waals surface area contributed by atoms with Crippen molar-refractivity contribution in [2.24, 2.45) is 0 Å². The Kier molecular flexibility index (Phi) is 6.20. The van der Waals surface area contributed by atoms with E-state index in [1.54, 1.807) is 18.7 Å². The van der Waals surface area contributed by atoms with Crippen LogP contribution in [0.15, 0.2) is 42.5 Å². The third-order valence-electron chi connectivity index (χ3n) is 5.63. The second kappa shape index (κ2) is 9.07. The van der Waals surface area contributed by atoms with E-state index in [4.69, 9.17) is 16.3 Å². The van der Waals surface area contributed by atoms with Crippen molar-refractivity contribution < 1.29 is 24.2 Å². The molecule has 0 radical (unpaired) electrons. The summed E-state index contributed by atoms with van der Waals surface area (Å²) in [5.41, 5.74) is 3.07. The lowest BCUT2D eigenvalue weighted by atomic mass is 9.98. The molecule has 1 N–H and O–H groups in total.